The van der Waals surface area contributed by atoms with Gasteiger partial charge in [0.15, 0.2) is 5.82 Å². The van der Waals surface area contributed by atoms with Crippen molar-refractivity contribution >= 4 is 29.1 Å². The summed E-state index contributed by atoms with van der Waals surface area (Å²) in [6.45, 7) is 0. The number of benzene rings is 4. The molecule has 166 valence electrons. The molecule has 0 saturated heterocycles. The van der Waals surface area contributed by atoms with Crippen molar-refractivity contribution in [1.29, 1.82) is 0 Å². The molecule has 0 aliphatic heterocycles. The maximum Gasteiger partial charge on any atom is 0.249 e. The molecule has 1 amide bonds. The van der Waals surface area contributed by atoms with Crippen LogP contribution in [0.3, 0.4) is 0 Å². The highest BCUT2D eigenvalue weighted by atomic mass is 35.5. The highest BCUT2D eigenvalue weighted by molar-refractivity contribution is 6.38. The quantitative estimate of drug-likeness (QED) is 0.178. The summed E-state index contributed by atoms with van der Waals surface area (Å²) >= 11 is 12.1. The van der Waals surface area contributed by atoms with Crippen LogP contribution in [0.2, 0.25) is 10.0 Å². The third kappa shape index (κ3) is 3.96. The molecule has 0 radical (unpaired) electrons. The highest BCUT2D eigenvalue weighted by Crippen LogP contribution is 2.45. The van der Waals surface area contributed by atoms with Gasteiger partial charge in [-0.25, -0.2) is 17.6 Å². The molecule has 33 heavy (non-hydrogen) atoms. The van der Waals surface area contributed by atoms with Crippen LogP contribution in [0, 0.1) is 23.3 Å². The maximum absolute atomic E-state index is 15.7. The fourth-order valence-corrected chi connectivity index (χ4v) is 4.22. The molecule has 0 fully saturated rings. The summed E-state index contributed by atoms with van der Waals surface area (Å²) < 4.78 is 60.3. The second-order valence-corrected chi connectivity index (χ2v) is 7.85. The van der Waals surface area contributed by atoms with Crippen molar-refractivity contribution in [3.8, 4) is 33.4 Å². The Bertz CT molecular complexity index is 1410. The lowest BCUT2D eigenvalue weighted by atomic mass is 9.92. The number of primary amides is 1. The van der Waals surface area contributed by atoms with Crippen LogP contribution < -0.4 is 5.73 Å². The van der Waals surface area contributed by atoms with E-state index in [0.717, 1.165) is 6.07 Å². The summed E-state index contributed by atoms with van der Waals surface area (Å²) in [6, 6.07) is 15.1. The Morgan fingerprint density at radius 2 is 1.24 bits per heavy atom. The highest BCUT2D eigenvalue weighted by Gasteiger charge is 2.27. The van der Waals surface area contributed by atoms with E-state index in [0.29, 0.717) is 6.07 Å². The summed E-state index contributed by atoms with van der Waals surface area (Å²) in [7, 11) is 0. The van der Waals surface area contributed by atoms with E-state index in [-0.39, 0.29) is 27.8 Å². The molecule has 0 saturated carbocycles. The third-order valence-corrected chi connectivity index (χ3v) is 5.84. The molecule has 4 aromatic carbocycles. The molecule has 0 unspecified atom stereocenters. The van der Waals surface area contributed by atoms with Gasteiger partial charge in [-0.1, -0.05) is 71.7 Å². The minimum Gasteiger partial charge on any atom is -0.366 e. The molecule has 0 aliphatic carbocycles. The van der Waals surface area contributed by atoms with Gasteiger partial charge >= 0.3 is 0 Å². The Morgan fingerprint density at radius 1 is 0.667 bits per heavy atom. The van der Waals surface area contributed by atoms with Gasteiger partial charge in [0, 0.05) is 33.9 Å². The molecule has 0 bridgehead atoms. The molecule has 0 aromatic heterocycles. The van der Waals surface area contributed by atoms with Crippen molar-refractivity contribution in [3.63, 3.8) is 0 Å². The lowest BCUT2D eigenvalue weighted by molar-refractivity contribution is 0.100. The topological polar surface area (TPSA) is 43.1 Å². The molecule has 4 rings (SSSR count). The van der Waals surface area contributed by atoms with Crippen molar-refractivity contribution in [2.45, 2.75) is 0 Å². The van der Waals surface area contributed by atoms with Gasteiger partial charge in [0.05, 0.1) is 10.0 Å². The molecular formula is C25H13Cl2F4NO. The van der Waals surface area contributed by atoms with Gasteiger partial charge in [-0.2, -0.15) is 0 Å². The first kappa shape index (κ1) is 22.8. The Balaban J connectivity index is 2.05. The van der Waals surface area contributed by atoms with E-state index in [1.165, 1.54) is 36.4 Å². The number of hydrogen-bond acceptors (Lipinski definition) is 1. The van der Waals surface area contributed by atoms with Gasteiger partial charge in [-0.15, -0.1) is 0 Å². The van der Waals surface area contributed by atoms with Crippen LogP contribution in [0.5, 0.6) is 0 Å². The van der Waals surface area contributed by atoms with Crippen molar-refractivity contribution in [2.24, 2.45) is 5.73 Å². The fraction of sp³-hybridized carbons (Fsp3) is 0. The van der Waals surface area contributed by atoms with Gasteiger partial charge in [-0.05, 0) is 23.3 Å². The van der Waals surface area contributed by atoms with Crippen molar-refractivity contribution in [1.82, 2.24) is 0 Å². The fourth-order valence-electron chi connectivity index (χ4n) is 3.61. The third-order valence-electron chi connectivity index (χ3n) is 5.13. The van der Waals surface area contributed by atoms with E-state index in [1.54, 1.807) is 18.2 Å². The molecule has 2 N–H and O–H groups in total. The van der Waals surface area contributed by atoms with Gasteiger partial charge in [0.2, 0.25) is 5.91 Å². The summed E-state index contributed by atoms with van der Waals surface area (Å²) in [6.07, 6.45) is 0. The van der Waals surface area contributed by atoms with Gasteiger partial charge in [-0.3, -0.25) is 4.79 Å². The first-order valence-electron chi connectivity index (χ1n) is 9.52. The van der Waals surface area contributed by atoms with Crippen LogP contribution >= 0.6 is 23.2 Å². The minimum atomic E-state index is -1.19. The second-order valence-electron chi connectivity index (χ2n) is 7.09. The molecule has 0 atom stereocenters. The summed E-state index contributed by atoms with van der Waals surface area (Å²) in [5.74, 6) is -5.30. The average molecular weight is 490 g/mol. The van der Waals surface area contributed by atoms with Crippen LogP contribution in [0.15, 0.2) is 66.7 Å². The Kier molecular flexibility index (Phi) is 6.15. The number of halogens is 6. The van der Waals surface area contributed by atoms with Crippen LogP contribution in [0.25, 0.3) is 33.4 Å². The Morgan fingerprint density at radius 3 is 1.91 bits per heavy atom. The number of rotatable bonds is 4. The molecule has 8 heteroatoms. The summed E-state index contributed by atoms with van der Waals surface area (Å²) in [5.41, 5.74) is 3.91. The Hall–Kier alpha value is -3.35. The maximum atomic E-state index is 15.7. The van der Waals surface area contributed by atoms with Crippen LogP contribution in [0.4, 0.5) is 17.6 Å². The zero-order valence-corrected chi connectivity index (χ0v) is 18.1. The first-order valence-corrected chi connectivity index (χ1v) is 10.3. The van der Waals surface area contributed by atoms with E-state index < -0.39 is 50.3 Å². The van der Waals surface area contributed by atoms with E-state index in [2.05, 4.69) is 0 Å². The zero-order valence-electron chi connectivity index (χ0n) is 16.6. The molecule has 0 heterocycles. The standard InChI is InChI=1S/C25H13Cl2F4NO/c26-21-19(12-6-2-1-3-7-12)23(30)20(22(27)24(21)31)16-10-15(17(28)11-18(16)29)13-8-4-5-9-14(13)25(32)33/h1-11H,(H2,32,33). The van der Waals surface area contributed by atoms with Crippen LogP contribution in [0.1, 0.15) is 10.4 Å². The number of amides is 1. The molecule has 4 aromatic rings. The van der Waals surface area contributed by atoms with Gasteiger partial charge < -0.3 is 5.73 Å². The SMILES string of the molecule is NC(=O)c1ccccc1-c1cc(-c2c(F)c(-c3ccccc3)c(Cl)c(F)c2Cl)c(F)cc1F. The van der Waals surface area contributed by atoms with Crippen LogP contribution in [-0.4, -0.2) is 5.91 Å². The lowest BCUT2D eigenvalue weighted by Crippen LogP contribution is -2.12. The van der Waals surface area contributed by atoms with Crippen molar-refractivity contribution in [3.05, 3.63) is 106 Å². The second kappa shape index (κ2) is 8.89. The number of hydrogen-bond donors (Lipinski definition) is 1. The van der Waals surface area contributed by atoms with Gasteiger partial charge in [0.25, 0.3) is 0 Å². The average Bonchev–Trinajstić information content (AvgIpc) is 2.80. The number of carbonyl (C=O) groups excluding carboxylic acids is 1. The largest absolute Gasteiger partial charge is 0.366 e. The summed E-state index contributed by atoms with van der Waals surface area (Å²) in [4.78, 5) is 11.8. The molecular weight excluding hydrogens is 477 g/mol. The number of nitrogens with two attached hydrogens (primary N) is 1. The number of carbonyl (C=O) groups is 1. The van der Waals surface area contributed by atoms with Gasteiger partial charge in [0.1, 0.15) is 17.5 Å². The van der Waals surface area contributed by atoms with E-state index in [1.807, 2.05) is 0 Å². The van der Waals surface area contributed by atoms with E-state index in [4.69, 9.17) is 28.9 Å². The van der Waals surface area contributed by atoms with Crippen molar-refractivity contribution in [2.75, 3.05) is 0 Å². The van der Waals surface area contributed by atoms with Crippen molar-refractivity contribution < 1.29 is 22.4 Å². The minimum absolute atomic E-state index is 0.0345. The monoisotopic (exact) mass is 489 g/mol. The van der Waals surface area contributed by atoms with E-state index in [9.17, 15) is 18.0 Å². The molecule has 0 aliphatic rings. The predicted molar refractivity (Wildman–Crippen MR) is 121 cm³/mol. The molecule has 0 spiro atoms. The lowest BCUT2D eigenvalue weighted by Gasteiger charge is -2.17. The summed E-state index contributed by atoms with van der Waals surface area (Å²) in [5, 5.41) is -1.34. The zero-order chi connectivity index (χ0) is 23.9. The van der Waals surface area contributed by atoms with E-state index >= 15 is 4.39 Å². The molecule has 2 nitrogen and oxygen atoms in total. The first-order chi connectivity index (χ1) is 15.7. The Labute approximate surface area is 196 Å². The smallest absolute Gasteiger partial charge is 0.249 e. The predicted octanol–water partition coefficient (Wildman–Crippen LogP) is 7.65. The normalized spacial score (nSPS) is 11.0. The van der Waals surface area contributed by atoms with Crippen LogP contribution in [-0.2, 0) is 0 Å².